The highest BCUT2D eigenvalue weighted by Crippen LogP contribution is 2.09. The standard InChI is InChI=1S/C8H18ClNO2S/c1-3-5-7-8(6-4-2)10-13(9,11)12/h8,10H,3-7H2,1-2H3. The van der Waals surface area contributed by atoms with Gasteiger partial charge in [-0.15, -0.1) is 0 Å². The van der Waals surface area contributed by atoms with Crippen LogP contribution in [0.3, 0.4) is 0 Å². The van der Waals surface area contributed by atoms with Crippen molar-refractivity contribution in [3.63, 3.8) is 0 Å². The molecule has 0 rings (SSSR count). The third-order valence-corrected chi connectivity index (χ3v) is 2.73. The summed E-state index contributed by atoms with van der Waals surface area (Å²) in [6.45, 7) is 4.11. The molecule has 0 amide bonds. The number of rotatable bonds is 7. The van der Waals surface area contributed by atoms with Crippen molar-refractivity contribution >= 4 is 19.9 Å². The van der Waals surface area contributed by atoms with E-state index in [-0.39, 0.29) is 6.04 Å². The van der Waals surface area contributed by atoms with E-state index in [1.807, 2.05) is 6.92 Å². The second kappa shape index (κ2) is 6.62. The van der Waals surface area contributed by atoms with Gasteiger partial charge in [-0.05, 0) is 12.8 Å². The van der Waals surface area contributed by atoms with E-state index in [0.717, 1.165) is 32.1 Å². The van der Waals surface area contributed by atoms with Gasteiger partial charge in [-0.2, -0.15) is 13.1 Å². The predicted octanol–water partition coefficient (Wildman–Crippen LogP) is 2.42. The Morgan fingerprint density at radius 3 is 2.23 bits per heavy atom. The Bertz CT molecular complexity index is 216. The lowest BCUT2D eigenvalue weighted by molar-refractivity contribution is 0.489. The molecule has 0 spiro atoms. The van der Waals surface area contributed by atoms with Crippen molar-refractivity contribution < 1.29 is 8.42 Å². The average Bonchev–Trinajstić information content (AvgIpc) is 1.98. The summed E-state index contributed by atoms with van der Waals surface area (Å²) in [6.07, 6.45) is 4.80. The molecule has 0 aliphatic rings. The van der Waals surface area contributed by atoms with Crippen LogP contribution in [-0.2, 0) is 9.24 Å². The molecule has 80 valence electrons. The number of hydrogen-bond donors (Lipinski definition) is 1. The van der Waals surface area contributed by atoms with Crippen LogP contribution in [0.25, 0.3) is 0 Å². The Kier molecular flexibility index (Phi) is 6.73. The molecule has 0 aromatic carbocycles. The zero-order chi connectivity index (χ0) is 10.3. The smallest absolute Gasteiger partial charge is 0.199 e. The SMILES string of the molecule is CCCCC(CCC)NS(=O)(=O)Cl. The van der Waals surface area contributed by atoms with Gasteiger partial charge in [0, 0.05) is 16.7 Å². The molecule has 0 aliphatic carbocycles. The van der Waals surface area contributed by atoms with E-state index in [2.05, 4.69) is 11.6 Å². The summed E-state index contributed by atoms with van der Waals surface area (Å²) < 4.78 is 23.9. The summed E-state index contributed by atoms with van der Waals surface area (Å²) >= 11 is 0. The normalized spacial score (nSPS) is 14.4. The topological polar surface area (TPSA) is 46.2 Å². The maximum atomic E-state index is 10.7. The maximum Gasteiger partial charge on any atom is 0.297 e. The molecule has 1 N–H and O–H groups in total. The van der Waals surface area contributed by atoms with Gasteiger partial charge in [0.05, 0.1) is 0 Å². The Morgan fingerprint density at radius 1 is 1.23 bits per heavy atom. The van der Waals surface area contributed by atoms with Crippen molar-refractivity contribution in [1.29, 1.82) is 0 Å². The van der Waals surface area contributed by atoms with Gasteiger partial charge in [0.2, 0.25) is 0 Å². The monoisotopic (exact) mass is 227 g/mol. The second-order valence-corrected chi connectivity index (χ2v) is 5.51. The van der Waals surface area contributed by atoms with Crippen LogP contribution in [0.4, 0.5) is 0 Å². The highest BCUT2D eigenvalue weighted by molar-refractivity contribution is 8.12. The molecule has 0 bridgehead atoms. The van der Waals surface area contributed by atoms with Crippen LogP contribution in [0.5, 0.6) is 0 Å². The molecule has 13 heavy (non-hydrogen) atoms. The fourth-order valence-corrected chi connectivity index (χ4v) is 2.27. The van der Waals surface area contributed by atoms with E-state index in [1.165, 1.54) is 0 Å². The predicted molar refractivity (Wildman–Crippen MR) is 56.1 cm³/mol. The lowest BCUT2D eigenvalue weighted by atomic mass is 10.1. The molecule has 0 aromatic heterocycles. The van der Waals surface area contributed by atoms with Crippen LogP contribution >= 0.6 is 10.7 Å². The van der Waals surface area contributed by atoms with E-state index in [1.54, 1.807) is 0 Å². The first-order valence-electron chi connectivity index (χ1n) is 4.71. The van der Waals surface area contributed by atoms with Gasteiger partial charge < -0.3 is 0 Å². The molecule has 3 nitrogen and oxygen atoms in total. The van der Waals surface area contributed by atoms with Crippen LogP contribution in [0.2, 0.25) is 0 Å². The number of halogens is 1. The molecule has 5 heteroatoms. The fraction of sp³-hybridized carbons (Fsp3) is 1.00. The van der Waals surface area contributed by atoms with E-state index in [4.69, 9.17) is 10.7 Å². The highest BCUT2D eigenvalue weighted by atomic mass is 35.7. The van der Waals surface area contributed by atoms with Crippen molar-refractivity contribution in [2.24, 2.45) is 0 Å². The van der Waals surface area contributed by atoms with E-state index in [9.17, 15) is 8.42 Å². The molecular weight excluding hydrogens is 210 g/mol. The van der Waals surface area contributed by atoms with Crippen LogP contribution in [-0.4, -0.2) is 14.5 Å². The number of nitrogens with one attached hydrogen (secondary N) is 1. The molecule has 0 aliphatic heterocycles. The first-order chi connectivity index (χ1) is 5.99. The molecule has 0 saturated heterocycles. The maximum absolute atomic E-state index is 10.7. The average molecular weight is 228 g/mol. The first-order valence-corrected chi connectivity index (χ1v) is 7.02. The minimum absolute atomic E-state index is 0.00690. The van der Waals surface area contributed by atoms with Crippen molar-refractivity contribution in [3.05, 3.63) is 0 Å². The van der Waals surface area contributed by atoms with Crippen molar-refractivity contribution in [3.8, 4) is 0 Å². The third kappa shape index (κ3) is 8.53. The minimum Gasteiger partial charge on any atom is -0.199 e. The van der Waals surface area contributed by atoms with Gasteiger partial charge in [-0.1, -0.05) is 33.1 Å². The van der Waals surface area contributed by atoms with Crippen LogP contribution < -0.4 is 4.72 Å². The zero-order valence-corrected chi connectivity index (χ0v) is 9.79. The summed E-state index contributed by atoms with van der Waals surface area (Å²) in [5, 5.41) is 0. The Morgan fingerprint density at radius 2 is 1.85 bits per heavy atom. The number of hydrogen-bond acceptors (Lipinski definition) is 2. The van der Waals surface area contributed by atoms with Gasteiger partial charge in [-0.3, -0.25) is 0 Å². The summed E-state index contributed by atoms with van der Waals surface area (Å²) in [5.41, 5.74) is 0. The van der Waals surface area contributed by atoms with E-state index >= 15 is 0 Å². The molecular formula is C8H18ClNO2S. The second-order valence-electron chi connectivity index (χ2n) is 3.18. The summed E-state index contributed by atoms with van der Waals surface area (Å²) in [6, 6.07) is 0.00690. The van der Waals surface area contributed by atoms with Crippen molar-refractivity contribution in [2.75, 3.05) is 0 Å². The van der Waals surface area contributed by atoms with Crippen LogP contribution in [0.15, 0.2) is 0 Å². The third-order valence-electron chi connectivity index (χ3n) is 1.85. The highest BCUT2D eigenvalue weighted by Gasteiger charge is 2.13. The summed E-state index contributed by atoms with van der Waals surface area (Å²) in [5.74, 6) is 0. The molecule has 1 unspecified atom stereocenters. The van der Waals surface area contributed by atoms with Gasteiger partial charge >= 0.3 is 0 Å². The Hall–Kier alpha value is 0.200. The molecule has 0 aromatic rings. The molecule has 0 fully saturated rings. The quantitative estimate of drug-likeness (QED) is 0.679. The van der Waals surface area contributed by atoms with E-state index < -0.39 is 9.24 Å². The number of unbranched alkanes of at least 4 members (excludes halogenated alkanes) is 1. The summed E-state index contributed by atoms with van der Waals surface area (Å²) in [7, 11) is 1.55. The van der Waals surface area contributed by atoms with Crippen LogP contribution in [0.1, 0.15) is 46.0 Å². The van der Waals surface area contributed by atoms with E-state index in [0.29, 0.717) is 0 Å². The lowest BCUT2D eigenvalue weighted by Gasteiger charge is -2.14. The van der Waals surface area contributed by atoms with Gasteiger partial charge in [0.25, 0.3) is 9.24 Å². The molecule has 0 saturated carbocycles. The lowest BCUT2D eigenvalue weighted by Crippen LogP contribution is -2.31. The van der Waals surface area contributed by atoms with Crippen LogP contribution in [0, 0.1) is 0 Å². The van der Waals surface area contributed by atoms with Gasteiger partial charge in [0.1, 0.15) is 0 Å². The van der Waals surface area contributed by atoms with Crippen molar-refractivity contribution in [1.82, 2.24) is 4.72 Å². The molecule has 0 radical (unpaired) electrons. The van der Waals surface area contributed by atoms with Gasteiger partial charge in [0.15, 0.2) is 0 Å². The molecule has 0 heterocycles. The summed E-state index contributed by atoms with van der Waals surface area (Å²) in [4.78, 5) is 0. The Balaban J connectivity index is 3.94. The Labute approximate surface area is 85.4 Å². The fourth-order valence-electron chi connectivity index (χ4n) is 1.26. The molecule has 1 atom stereocenters. The minimum atomic E-state index is -3.55. The van der Waals surface area contributed by atoms with Gasteiger partial charge in [-0.25, -0.2) is 0 Å². The first kappa shape index (κ1) is 13.2. The largest absolute Gasteiger partial charge is 0.297 e. The van der Waals surface area contributed by atoms with Crippen molar-refractivity contribution in [2.45, 2.75) is 52.0 Å². The zero-order valence-electron chi connectivity index (χ0n) is 8.22.